The molecule has 1 aliphatic heterocycles. The minimum absolute atomic E-state index is 0.448. The Morgan fingerprint density at radius 3 is 2.55 bits per heavy atom. The fourth-order valence-corrected chi connectivity index (χ4v) is 3.93. The SMILES string of the molecule is CN=C(NCCCN1CCN(C)CC1c1ccccc1)Nc1ccc(OC)c(OC)c1. The molecule has 1 saturated heterocycles. The molecule has 7 nitrogen and oxygen atoms in total. The van der Waals surface area contributed by atoms with Crippen LogP contribution in [0.2, 0.25) is 0 Å². The third-order valence-electron chi connectivity index (χ3n) is 5.66. The summed E-state index contributed by atoms with van der Waals surface area (Å²) in [7, 11) is 7.25. The van der Waals surface area contributed by atoms with Gasteiger partial charge in [0.25, 0.3) is 0 Å². The van der Waals surface area contributed by atoms with E-state index in [-0.39, 0.29) is 0 Å². The Hall–Kier alpha value is -2.77. The van der Waals surface area contributed by atoms with Crippen molar-refractivity contribution in [2.45, 2.75) is 12.5 Å². The number of aliphatic imine (C=N–C) groups is 1. The standard InChI is InChI=1S/C24H35N5O2/c1-25-24(27-20-11-12-22(30-3)23(17-20)31-4)26-13-8-14-29-16-15-28(2)18-21(29)19-9-6-5-7-10-19/h5-7,9-12,17,21H,8,13-16,18H2,1-4H3,(H2,25,26,27). The van der Waals surface area contributed by atoms with Crippen molar-refractivity contribution in [2.75, 3.05) is 66.4 Å². The largest absolute Gasteiger partial charge is 0.493 e. The van der Waals surface area contributed by atoms with Crippen LogP contribution in [0.4, 0.5) is 5.69 Å². The molecular formula is C24H35N5O2. The van der Waals surface area contributed by atoms with Crippen LogP contribution in [0.3, 0.4) is 0 Å². The average molecular weight is 426 g/mol. The van der Waals surface area contributed by atoms with Gasteiger partial charge in [0.1, 0.15) is 0 Å². The van der Waals surface area contributed by atoms with Gasteiger partial charge in [0, 0.05) is 57.6 Å². The summed E-state index contributed by atoms with van der Waals surface area (Å²) in [5.74, 6) is 2.13. The first kappa shape index (κ1) is 22.9. The Kier molecular flexibility index (Phi) is 8.55. The number of piperazine rings is 1. The monoisotopic (exact) mass is 425 g/mol. The van der Waals surface area contributed by atoms with Crippen LogP contribution >= 0.6 is 0 Å². The molecule has 1 aliphatic rings. The van der Waals surface area contributed by atoms with Crippen LogP contribution in [0.5, 0.6) is 11.5 Å². The second kappa shape index (κ2) is 11.6. The zero-order valence-electron chi connectivity index (χ0n) is 19.1. The second-order valence-corrected chi connectivity index (χ2v) is 7.77. The highest BCUT2D eigenvalue weighted by atomic mass is 16.5. The molecule has 1 atom stereocenters. The summed E-state index contributed by atoms with van der Waals surface area (Å²) >= 11 is 0. The van der Waals surface area contributed by atoms with Crippen LogP contribution in [0.25, 0.3) is 0 Å². The van der Waals surface area contributed by atoms with E-state index in [4.69, 9.17) is 9.47 Å². The summed E-state index contributed by atoms with van der Waals surface area (Å²) in [6, 6.07) is 17.0. The van der Waals surface area contributed by atoms with Gasteiger partial charge in [-0.25, -0.2) is 0 Å². The van der Waals surface area contributed by atoms with E-state index in [9.17, 15) is 0 Å². The summed E-state index contributed by atoms with van der Waals surface area (Å²) in [4.78, 5) is 9.36. The number of methoxy groups -OCH3 is 2. The van der Waals surface area contributed by atoms with Crippen LogP contribution in [-0.4, -0.2) is 76.8 Å². The first-order valence-corrected chi connectivity index (χ1v) is 10.8. The molecule has 0 saturated carbocycles. The van der Waals surface area contributed by atoms with Crippen LogP contribution in [0.1, 0.15) is 18.0 Å². The van der Waals surface area contributed by atoms with E-state index in [2.05, 4.69) is 62.8 Å². The predicted molar refractivity (Wildman–Crippen MR) is 127 cm³/mol. The molecule has 0 spiro atoms. The summed E-state index contributed by atoms with van der Waals surface area (Å²) in [5.41, 5.74) is 2.29. The van der Waals surface area contributed by atoms with Gasteiger partial charge in [0.15, 0.2) is 17.5 Å². The molecule has 0 aliphatic carbocycles. The summed E-state index contributed by atoms with van der Waals surface area (Å²) in [6.07, 6.45) is 1.04. The van der Waals surface area contributed by atoms with Crippen molar-refractivity contribution in [3.05, 3.63) is 54.1 Å². The first-order valence-electron chi connectivity index (χ1n) is 10.8. The Bertz CT molecular complexity index is 843. The number of nitrogens with one attached hydrogen (secondary N) is 2. The highest BCUT2D eigenvalue weighted by Crippen LogP contribution is 2.29. The van der Waals surface area contributed by atoms with Crippen LogP contribution in [0.15, 0.2) is 53.5 Å². The molecule has 0 bridgehead atoms. The predicted octanol–water partition coefficient (Wildman–Crippen LogP) is 3.07. The number of nitrogens with zero attached hydrogens (tertiary/aromatic N) is 3. The topological polar surface area (TPSA) is 61.4 Å². The highest BCUT2D eigenvalue weighted by molar-refractivity contribution is 5.93. The number of anilines is 1. The smallest absolute Gasteiger partial charge is 0.195 e. The van der Waals surface area contributed by atoms with Gasteiger partial charge in [0.2, 0.25) is 0 Å². The molecule has 2 N–H and O–H groups in total. The van der Waals surface area contributed by atoms with Crippen molar-refractivity contribution in [3.8, 4) is 11.5 Å². The van der Waals surface area contributed by atoms with Crippen LogP contribution in [0, 0.1) is 0 Å². The lowest BCUT2D eigenvalue weighted by Gasteiger charge is -2.40. The van der Waals surface area contributed by atoms with Gasteiger partial charge in [-0.05, 0) is 31.2 Å². The highest BCUT2D eigenvalue weighted by Gasteiger charge is 2.25. The van der Waals surface area contributed by atoms with Crippen molar-refractivity contribution in [1.82, 2.24) is 15.1 Å². The Morgan fingerprint density at radius 2 is 1.84 bits per heavy atom. The van der Waals surface area contributed by atoms with Crippen LogP contribution < -0.4 is 20.1 Å². The number of guanidine groups is 1. The van der Waals surface area contributed by atoms with Gasteiger partial charge in [-0.1, -0.05) is 30.3 Å². The fraction of sp³-hybridized carbons (Fsp3) is 0.458. The number of likely N-dealkylation sites (N-methyl/N-ethyl adjacent to an activating group) is 1. The maximum Gasteiger partial charge on any atom is 0.195 e. The second-order valence-electron chi connectivity index (χ2n) is 7.77. The minimum atomic E-state index is 0.448. The number of ether oxygens (including phenoxy) is 2. The zero-order valence-corrected chi connectivity index (χ0v) is 19.1. The number of benzene rings is 2. The molecule has 3 rings (SSSR count). The van der Waals surface area contributed by atoms with Crippen molar-refractivity contribution < 1.29 is 9.47 Å². The summed E-state index contributed by atoms with van der Waals surface area (Å²) in [6.45, 7) is 5.17. The Balaban J connectivity index is 1.50. The van der Waals surface area contributed by atoms with E-state index in [1.807, 2.05) is 18.2 Å². The molecule has 31 heavy (non-hydrogen) atoms. The molecule has 2 aromatic carbocycles. The maximum absolute atomic E-state index is 5.38. The number of hydrogen-bond acceptors (Lipinski definition) is 5. The normalized spacial score (nSPS) is 17.9. The Morgan fingerprint density at radius 1 is 1.06 bits per heavy atom. The number of hydrogen-bond donors (Lipinski definition) is 2. The minimum Gasteiger partial charge on any atom is -0.493 e. The van der Waals surface area contributed by atoms with E-state index in [0.29, 0.717) is 17.5 Å². The van der Waals surface area contributed by atoms with Gasteiger partial charge in [0.05, 0.1) is 14.2 Å². The summed E-state index contributed by atoms with van der Waals surface area (Å²) in [5, 5.41) is 6.73. The van der Waals surface area contributed by atoms with Gasteiger partial charge in [-0.2, -0.15) is 0 Å². The zero-order chi connectivity index (χ0) is 22.1. The molecule has 1 unspecified atom stereocenters. The van der Waals surface area contributed by atoms with E-state index in [1.54, 1.807) is 21.3 Å². The quantitative estimate of drug-likeness (QED) is 0.385. The van der Waals surface area contributed by atoms with Crippen molar-refractivity contribution >= 4 is 11.6 Å². The van der Waals surface area contributed by atoms with Gasteiger partial charge < -0.3 is 25.0 Å². The molecule has 0 radical (unpaired) electrons. The third-order valence-corrected chi connectivity index (χ3v) is 5.66. The Labute approximate surface area is 186 Å². The van der Waals surface area contributed by atoms with Gasteiger partial charge in [-0.3, -0.25) is 9.89 Å². The van der Waals surface area contributed by atoms with Crippen molar-refractivity contribution in [2.24, 2.45) is 4.99 Å². The van der Waals surface area contributed by atoms with E-state index >= 15 is 0 Å². The maximum atomic E-state index is 5.38. The van der Waals surface area contributed by atoms with E-state index in [1.165, 1.54) is 5.56 Å². The van der Waals surface area contributed by atoms with Crippen LogP contribution in [-0.2, 0) is 0 Å². The molecule has 1 fully saturated rings. The van der Waals surface area contributed by atoms with Gasteiger partial charge >= 0.3 is 0 Å². The molecule has 168 valence electrons. The van der Waals surface area contributed by atoms with E-state index < -0.39 is 0 Å². The molecule has 0 aromatic heterocycles. The lowest BCUT2D eigenvalue weighted by molar-refractivity contribution is 0.0891. The molecule has 2 aromatic rings. The summed E-state index contributed by atoms with van der Waals surface area (Å²) < 4.78 is 10.7. The first-order chi connectivity index (χ1) is 15.1. The molecule has 7 heteroatoms. The number of rotatable bonds is 8. The van der Waals surface area contributed by atoms with E-state index in [0.717, 1.165) is 50.8 Å². The lowest BCUT2D eigenvalue weighted by Crippen LogP contribution is -2.47. The molecular weight excluding hydrogens is 390 g/mol. The third kappa shape index (κ3) is 6.35. The lowest BCUT2D eigenvalue weighted by atomic mass is 10.0. The average Bonchev–Trinajstić information content (AvgIpc) is 2.82. The fourth-order valence-electron chi connectivity index (χ4n) is 3.93. The molecule has 1 heterocycles. The van der Waals surface area contributed by atoms with Crippen molar-refractivity contribution in [3.63, 3.8) is 0 Å². The molecule has 0 amide bonds. The van der Waals surface area contributed by atoms with Crippen molar-refractivity contribution in [1.29, 1.82) is 0 Å². The van der Waals surface area contributed by atoms with Gasteiger partial charge in [-0.15, -0.1) is 0 Å².